The van der Waals surface area contributed by atoms with Crippen molar-refractivity contribution in [1.82, 2.24) is 0 Å². The third kappa shape index (κ3) is 5.54. The minimum atomic E-state index is 0.217. The third-order valence-corrected chi connectivity index (χ3v) is 4.69. The summed E-state index contributed by atoms with van der Waals surface area (Å²) in [4.78, 5) is 0. The van der Waals surface area contributed by atoms with Crippen molar-refractivity contribution < 1.29 is 24.1 Å². The lowest BCUT2D eigenvalue weighted by Crippen LogP contribution is -2.02. The maximum Gasteiger partial charge on any atom is 0.161 e. The molecule has 0 radical (unpaired) electrons. The van der Waals surface area contributed by atoms with Crippen LogP contribution in [-0.2, 0) is 19.3 Å². The Kier molecular flexibility index (Phi) is 8.27. The molecule has 0 heterocycles. The van der Waals surface area contributed by atoms with E-state index in [9.17, 15) is 0 Å². The number of benzene rings is 2. The predicted octanol–water partition coefficient (Wildman–Crippen LogP) is 3.82. The lowest BCUT2D eigenvalue weighted by atomic mass is 9.95. The molecule has 0 spiro atoms. The Morgan fingerprint density at radius 1 is 0.630 bits per heavy atom. The van der Waals surface area contributed by atoms with Crippen molar-refractivity contribution in [2.75, 3.05) is 35.0 Å². The summed E-state index contributed by atoms with van der Waals surface area (Å²) in [6.07, 6.45) is 4.40. The van der Waals surface area contributed by atoms with Crippen LogP contribution in [0.15, 0.2) is 30.3 Å². The summed E-state index contributed by atoms with van der Waals surface area (Å²) in [7, 11) is 6.59. The van der Waals surface area contributed by atoms with Gasteiger partial charge < -0.3 is 24.1 Å². The van der Waals surface area contributed by atoms with Crippen LogP contribution in [0.2, 0.25) is 0 Å². The second-order valence-corrected chi connectivity index (χ2v) is 6.35. The zero-order valence-electron chi connectivity index (χ0n) is 16.7. The molecule has 5 heteroatoms. The average molecular weight is 374 g/mol. The van der Waals surface area contributed by atoms with Crippen molar-refractivity contribution in [1.29, 1.82) is 0 Å². The molecule has 0 unspecified atom stereocenters. The van der Waals surface area contributed by atoms with Crippen LogP contribution in [0.25, 0.3) is 0 Å². The largest absolute Gasteiger partial charge is 0.493 e. The first-order chi connectivity index (χ1) is 13.2. The van der Waals surface area contributed by atoms with Crippen LogP contribution >= 0.6 is 0 Å². The molecule has 2 aromatic carbocycles. The minimum Gasteiger partial charge on any atom is -0.493 e. The van der Waals surface area contributed by atoms with E-state index in [0.717, 1.165) is 55.1 Å². The standard InChI is InChI=1S/C22H30O5/c1-24-19-11-9-16(13-20(19)25-2)8-10-18-15-22(27-4)21(26-3)14-17(18)7-5-6-12-23/h9,11,13-15,23H,5-8,10,12H2,1-4H3. The van der Waals surface area contributed by atoms with Gasteiger partial charge in [0.25, 0.3) is 0 Å². The zero-order chi connectivity index (χ0) is 19.6. The zero-order valence-corrected chi connectivity index (χ0v) is 16.7. The van der Waals surface area contributed by atoms with Gasteiger partial charge in [-0.2, -0.15) is 0 Å². The second-order valence-electron chi connectivity index (χ2n) is 6.35. The van der Waals surface area contributed by atoms with Gasteiger partial charge in [0.2, 0.25) is 0 Å². The number of aliphatic hydroxyl groups is 1. The summed E-state index contributed by atoms with van der Waals surface area (Å²) in [5.41, 5.74) is 3.66. The van der Waals surface area contributed by atoms with E-state index in [1.54, 1.807) is 28.4 Å². The number of unbranched alkanes of at least 4 members (excludes halogenated alkanes) is 1. The maximum absolute atomic E-state index is 9.07. The first-order valence-electron chi connectivity index (χ1n) is 9.22. The van der Waals surface area contributed by atoms with Gasteiger partial charge in [-0.1, -0.05) is 6.07 Å². The van der Waals surface area contributed by atoms with E-state index in [4.69, 9.17) is 24.1 Å². The topological polar surface area (TPSA) is 57.2 Å². The number of aryl methyl sites for hydroxylation is 3. The number of hydrogen-bond donors (Lipinski definition) is 1. The summed E-state index contributed by atoms with van der Waals surface area (Å²) in [5.74, 6) is 2.96. The van der Waals surface area contributed by atoms with Gasteiger partial charge in [0.05, 0.1) is 28.4 Å². The van der Waals surface area contributed by atoms with Gasteiger partial charge in [0.1, 0.15) is 0 Å². The monoisotopic (exact) mass is 374 g/mol. The Balaban J connectivity index is 2.22. The molecule has 0 aliphatic heterocycles. The van der Waals surface area contributed by atoms with Gasteiger partial charge in [-0.05, 0) is 73.1 Å². The van der Waals surface area contributed by atoms with Crippen molar-refractivity contribution in [2.24, 2.45) is 0 Å². The second kappa shape index (κ2) is 10.7. The van der Waals surface area contributed by atoms with Crippen LogP contribution in [-0.4, -0.2) is 40.2 Å². The Labute approximate surface area is 161 Å². The normalized spacial score (nSPS) is 10.6. The molecule has 0 atom stereocenters. The quantitative estimate of drug-likeness (QED) is 0.606. The van der Waals surface area contributed by atoms with Gasteiger partial charge >= 0.3 is 0 Å². The molecule has 0 saturated heterocycles. The van der Waals surface area contributed by atoms with Gasteiger partial charge in [-0.25, -0.2) is 0 Å². The van der Waals surface area contributed by atoms with Crippen molar-refractivity contribution in [3.8, 4) is 23.0 Å². The van der Waals surface area contributed by atoms with Gasteiger partial charge in [-0.15, -0.1) is 0 Å². The molecule has 0 aromatic heterocycles. The Hall–Kier alpha value is -2.40. The first-order valence-corrected chi connectivity index (χ1v) is 9.22. The molecule has 0 fully saturated rings. The molecule has 27 heavy (non-hydrogen) atoms. The fourth-order valence-electron chi connectivity index (χ4n) is 3.17. The molecule has 0 aliphatic carbocycles. The molecule has 0 bridgehead atoms. The summed E-state index contributed by atoms with van der Waals surface area (Å²) in [5, 5.41) is 9.07. The fraction of sp³-hybridized carbons (Fsp3) is 0.455. The van der Waals surface area contributed by atoms with E-state index in [-0.39, 0.29) is 6.61 Å². The van der Waals surface area contributed by atoms with E-state index in [1.807, 2.05) is 12.1 Å². The lowest BCUT2D eigenvalue weighted by molar-refractivity contribution is 0.284. The molecule has 0 saturated carbocycles. The Morgan fingerprint density at radius 3 is 1.74 bits per heavy atom. The maximum atomic E-state index is 9.07. The fourth-order valence-corrected chi connectivity index (χ4v) is 3.17. The van der Waals surface area contributed by atoms with Crippen molar-refractivity contribution in [2.45, 2.75) is 32.1 Å². The number of ether oxygens (including phenoxy) is 4. The molecule has 5 nitrogen and oxygen atoms in total. The summed E-state index contributed by atoms with van der Waals surface area (Å²) < 4.78 is 21.6. The summed E-state index contributed by atoms with van der Waals surface area (Å²) >= 11 is 0. The highest BCUT2D eigenvalue weighted by Gasteiger charge is 2.12. The first kappa shape index (κ1) is 20.9. The number of rotatable bonds is 11. The predicted molar refractivity (Wildman–Crippen MR) is 107 cm³/mol. The minimum absolute atomic E-state index is 0.217. The highest BCUT2D eigenvalue weighted by Crippen LogP contribution is 2.33. The van der Waals surface area contributed by atoms with Crippen LogP contribution in [0.3, 0.4) is 0 Å². The number of aliphatic hydroxyl groups excluding tert-OH is 1. The highest BCUT2D eigenvalue weighted by molar-refractivity contribution is 5.48. The van der Waals surface area contributed by atoms with Gasteiger partial charge in [0, 0.05) is 6.61 Å². The van der Waals surface area contributed by atoms with Gasteiger partial charge in [-0.3, -0.25) is 0 Å². The Bertz CT molecular complexity index is 727. The molecular formula is C22H30O5. The van der Waals surface area contributed by atoms with Crippen molar-refractivity contribution in [3.63, 3.8) is 0 Å². The molecule has 0 amide bonds. The Morgan fingerprint density at radius 2 is 1.19 bits per heavy atom. The van der Waals surface area contributed by atoms with Gasteiger partial charge in [0.15, 0.2) is 23.0 Å². The number of methoxy groups -OCH3 is 4. The molecular weight excluding hydrogens is 344 g/mol. The molecule has 2 rings (SSSR count). The van der Waals surface area contributed by atoms with Crippen LogP contribution in [0.1, 0.15) is 29.5 Å². The van der Waals surface area contributed by atoms with E-state index in [0.29, 0.717) is 0 Å². The SMILES string of the molecule is COc1ccc(CCc2cc(OC)c(OC)cc2CCCCO)cc1OC. The molecule has 148 valence electrons. The van der Waals surface area contributed by atoms with E-state index >= 15 is 0 Å². The number of hydrogen-bond acceptors (Lipinski definition) is 5. The van der Waals surface area contributed by atoms with Crippen molar-refractivity contribution in [3.05, 3.63) is 47.0 Å². The van der Waals surface area contributed by atoms with Crippen LogP contribution in [0, 0.1) is 0 Å². The van der Waals surface area contributed by atoms with Crippen LogP contribution in [0.5, 0.6) is 23.0 Å². The summed E-state index contributed by atoms with van der Waals surface area (Å²) in [6.45, 7) is 0.217. The smallest absolute Gasteiger partial charge is 0.161 e. The van der Waals surface area contributed by atoms with Crippen molar-refractivity contribution >= 4 is 0 Å². The summed E-state index contributed by atoms with van der Waals surface area (Å²) in [6, 6.07) is 10.1. The van der Waals surface area contributed by atoms with Crippen LogP contribution < -0.4 is 18.9 Å². The third-order valence-electron chi connectivity index (χ3n) is 4.69. The molecule has 0 aliphatic rings. The molecule has 1 N–H and O–H groups in total. The average Bonchev–Trinajstić information content (AvgIpc) is 2.72. The molecule has 2 aromatic rings. The van der Waals surface area contributed by atoms with E-state index in [2.05, 4.69) is 18.2 Å². The van der Waals surface area contributed by atoms with Crippen LogP contribution in [0.4, 0.5) is 0 Å². The van der Waals surface area contributed by atoms with E-state index in [1.165, 1.54) is 16.7 Å². The van der Waals surface area contributed by atoms with E-state index < -0.39 is 0 Å². The highest BCUT2D eigenvalue weighted by atomic mass is 16.5. The lowest BCUT2D eigenvalue weighted by Gasteiger charge is -2.16.